The van der Waals surface area contributed by atoms with Gasteiger partial charge in [0.25, 0.3) is 0 Å². The fourth-order valence-electron chi connectivity index (χ4n) is 3.73. The summed E-state index contributed by atoms with van der Waals surface area (Å²) in [5.74, 6) is -0.900. The van der Waals surface area contributed by atoms with Crippen LogP contribution in [0, 0.1) is 5.82 Å². The van der Waals surface area contributed by atoms with Crippen molar-refractivity contribution in [2.24, 2.45) is 0 Å². The standard InChI is InChI=1S/C27H21FO2S/c1-31-23-15-12-19(13-16-23)24-18-22(28)14-17-25(24)27(30,21-10-6-3-7-11-21)26(29)20-8-4-2-5-9-20/h2-18,30H,1H3. The van der Waals surface area contributed by atoms with Gasteiger partial charge in [0.05, 0.1) is 0 Å². The molecule has 4 aromatic carbocycles. The van der Waals surface area contributed by atoms with E-state index in [1.54, 1.807) is 60.3 Å². The molecule has 0 aliphatic rings. The summed E-state index contributed by atoms with van der Waals surface area (Å²) in [7, 11) is 0. The third-order valence-electron chi connectivity index (χ3n) is 5.33. The lowest BCUT2D eigenvalue weighted by molar-refractivity contribution is 0.0489. The van der Waals surface area contributed by atoms with Crippen molar-refractivity contribution >= 4 is 17.5 Å². The van der Waals surface area contributed by atoms with Crippen LogP contribution in [0.2, 0.25) is 0 Å². The summed E-state index contributed by atoms with van der Waals surface area (Å²) in [4.78, 5) is 14.8. The molecule has 0 saturated carbocycles. The quantitative estimate of drug-likeness (QED) is 0.288. The molecular weight excluding hydrogens is 407 g/mol. The first-order chi connectivity index (χ1) is 15.0. The van der Waals surface area contributed by atoms with E-state index >= 15 is 0 Å². The van der Waals surface area contributed by atoms with Crippen molar-refractivity contribution in [1.82, 2.24) is 0 Å². The number of carbonyl (C=O) groups is 1. The lowest BCUT2D eigenvalue weighted by atomic mass is 9.77. The van der Waals surface area contributed by atoms with Crippen LogP contribution in [0.15, 0.2) is 108 Å². The monoisotopic (exact) mass is 428 g/mol. The minimum absolute atomic E-state index is 0.339. The van der Waals surface area contributed by atoms with Crippen LogP contribution in [0.3, 0.4) is 0 Å². The molecule has 0 aliphatic carbocycles. The number of benzene rings is 4. The molecule has 0 spiro atoms. The molecule has 0 aliphatic heterocycles. The lowest BCUT2D eigenvalue weighted by Gasteiger charge is -2.30. The van der Waals surface area contributed by atoms with E-state index in [4.69, 9.17) is 0 Å². The summed E-state index contributed by atoms with van der Waals surface area (Å²) in [6.45, 7) is 0. The van der Waals surface area contributed by atoms with Gasteiger partial charge < -0.3 is 5.11 Å². The van der Waals surface area contributed by atoms with Crippen molar-refractivity contribution in [3.63, 3.8) is 0 Å². The normalized spacial score (nSPS) is 12.9. The van der Waals surface area contributed by atoms with Gasteiger partial charge in [-0.05, 0) is 47.2 Å². The van der Waals surface area contributed by atoms with Crippen LogP contribution in [0.5, 0.6) is 0 Å². The fourth-order valence-corrected chi connectivity index (χ4v) is 4.14. The zero-order valence-corrected chi connectivity index (χ0v) is 17.8. The molecule has 0 fully saturated rings. The molecule has 1 atom stereocenters. The van der Waals surface area contributed by atoms with Gasteiger partial charge >= 0.3 is 0 Å². The van der Waals surface area contributed by atoms with E-state index in [-0.39, 0.29) is 0 Å². The minimum atomic E-state index is -1.98. The SMILES string of the molecule is CSc1ccc(-c2cc(F)ccc2C(O)(C(=O)c2ccccc2)c2ccccc2)cc1. The van der Waals surface area contributed by atoms with Crippen LogP contribution in [0.25, 0.3) is 11.1 Å². The summed E-state index contributed by atoms with van der Waals surface area (Å²) >= 11 is 1.61. The highest BCUT2D eigenvalue weighted by Crippen LogP contribution is 2.39. The second kappa shape index (κ2) is 8.88. The smallest absolute Gasteiger partial charge is 0.203 e. The Morgan fingerprint density at radius 2 is 1.45 bits per heavy atom. The van der Waals surface area contributed by atoms with Crippen molar-refractivity contribution in [2.75, 3.05) is 6.26 Å². The maximum Gasteiger partial charge on any atom is 0.203 e. The maximum absolute atomic E-state index is 14.3. The van der Waals surface area contributed by atoms with Crippen LogP contribution in [0.1, 0.15) is 21.5 Å². The molecule has 1 unspecified atom stereocenters. The molecule has 31 heavy (non-hydrogen) atoms. The molecule has 0 aromatic heterocycles. The molecule has 2 nitrogen and oxygen atoms in total. The Bertz CT molecular complexity index is 1190. The maximum atomic E-state index is 14.3. The minimum Gasteiger partial charge on any atom is -0.373 e. The number of hydrogen-bond donors (Lipinski definition) is 1. The summed E-state index contributed by atoms with van der Waals surface area (Å²) in [6, 6.07) is 29.3. The molecule has 1 N–H and O–H groups in total. The van der Waals surface area contributed by atoms with Gasteiger partial charge in [0.15, 0.2) is 5.60 Å². The average molecular weight is 429 g/mol. The van der Waals surface area contributed by atoms with Crippen molar-refractivity contribution in [1.29, 1.82) is 0 Å². The van der Waals surface area contributed by atoms with E-state index in [0.29, 0.717) is 22.3 Å². The van der Waals surface area contributed by atoms with Gasteiger partial charge in [0, 0.05) is 16.0 Å². The molecule has 0 radical (unpaired) electrons. The van der Waals surface area contributed by atoms with Gasteiger partial charge in [-0.3, -0.25) is 4.79 Å². The number of thioether (sulfide) groups is 1. The predicted octanol–water partition coefficient (Wildman–Crippen LogP) is 6.33. The van der Waals surface area contributed by atoms with Crippen molar-refractivity contribution in [3.8, 4) is 11.1 Å². The van der Waals surface area contributed by atoms with Crippen LogP contribution >= 0.6 is 11.8 Å². The number of hydrogen-bond acceptors (Lipinski definition) is 3. The Kier molecular flexibility index (Phi) is 6.03. The van der Waals surface area contributed by atoms with Crippen molar-refractivity contribution in [2.45, 2.75) is 10.5 Å². The Hall–Kier alpha value is -3.21. The van der Waals surface area contributed by atoms with E-state index in [1.165, 1.54) is 18.2 Å². The van der Waals surface area contributed by atoms with Gasteiger partial charge in [0.1, 0.15) is 5.82 Å². The molecule has 0 heterocycles. The molecule has 4 heteroatoms. The van der Waals surface area contributed by atoms with Gasteiger partial charge in [-0.1, -0.05) is 78.9 Å². The largest absolute Gasteiger partial charge is 0.373 e. The number of Topliss-reactive ketones (excluding diaryl/α,β-unsaturated/α-hetero) is 1. The lowest BCUT2D eigenvalue weighted by Crippen LogP contribution is -2.37. The molecule has 0 bridgehead atoms. The number of aliphatic hydroxyl groups is 1. The molecule has 4 rings (SSSR count). The zero-order chi connectivity index (χ0) is 21.8. The third-order valence-corrected chi connectivity index (χ3v) is 6.07. The Labute approximate surface area is 185 Å². The van der Waals surface area contributed by atoms with Crippen LogP contribution in [0.4, 0.5) is 4.39 Å². The molecular formula is C27H21FO2S. The summed E-state index contributed by atoms with van der Waals surface area (Å²) in [5, 5.41) is 12.0. The second-order valence-electron chi connectivity index (χ2n) is 7.19. The van der Waals surface area contributed by atoms with E-state index < -0.39 is 17.2 Å². The number of carbonyl (C=O) groups excluding carboxylic acids is 1. The van der Waals surface area contributed by atoms with Gasteiger partial charge in [-0.2, -0.15) is 0 Å². The Morgan fingerprint density at radius 3 is 2.06 bits per heavy atom. The molecule has 0 amide bonds. The third kappa shape index (κ3) is 4.05. The number of ketones is 1. The highest BCUT2D eigenvalue weighted by Gasteiger charge is 2.42. The highest BCUT2D eigenvalue weighted by molar-refractivity contribution is 7.98. The average Bonchev–Trinajstić information content (AvgIpc) is 2.84. The zero-order valence-electron chi connectivity index (χ0n) is 17.0. The summed E-state index contributed by atoms with van der Waals surface area (Å²) < 4.78 is 14.3. The predicted molar refractivity (Wildman–Crippen MR) is 124 cm³/mol. The Balaban J connectivity index is 1.97. The highest BCUT2D eigenvalue weighted by atomic mass is 32.2. The van der Waals surface area contributed by atoms with Crippen molar-refractivity contribution in [3.05, 3.63) is 126 Å². The molecule has 0 saturated heterocycles. The Morgan fingerprint density at radius 1 is 0.839 bits per heavy atom. The van der Waals surface area contributed by atoms with Gasteiger partial charge in [0.2, 0.25) is 5.78 Å². The molecule has 154 valence electrons. The first-order valence-electron chi connectivity index (χ1n) is 9.86. The van der Waals surface area contributed by atoms with Crippen LogP contribution in [-0.4, -0.2) is 17.1 Å². The van der Waals surface area contributed by atoms with Crippen molar-refractivity contribution < 1.29 is 14.3 Å². The van der Waals surface area contributed by atoms with Gasteiger partial charge in [-0.15, -0.1) is 11.8 Å². The van der Waals surface area contributed by atoms with E-state index in [1.807, 2.05) is 42.7 Å². The fraction of sp³-hybridized carbons (Fsp3) is 0.0741. The van der Waals surface area contributed by atoms with E-state index in [9.17, 15) is 14.3 Å². The van der Waals surface area contributed by atoms with Crippen LogP contribution < -0.4 is 0 Å². The summed E-state index contributed by atoms with van der Waals surface area (Å²) in [5.41, 5.74) is 0.361. The molecule has 4 aromatic rings. The second-order valence-corrected chi connectivity index (χ2v) is 8.07. The topological polar surface area (TPSA) is 37.3 Å². The number of rotatable bonds is 6. The summed E-state index contributed by atoms with van der Waals surface area (Å²) in [6.07, 6.45) is 1.98. The first-order valence-corrected chi connectivity index (χ1v) is 11.1. The number of halogens is 1. The first kappa shape index (κ1) is 21.0. The van der Waals surface area contributed by atoms with E-state index in [2.05, 4.69) is 0 Å². The van der Waals surface area contributed by atoms with Gasteiger partial charge in [-0.25, -0.2) is 4.39 Å². The van der Waals surface area contributed by atoms with Crippen LogP contribution in [-0.2, 0) is 5.60 Å². The van der Waals surface area contributed by atoms with E-state index in [0.717, 1.165) is 10.5 Å².